The molecule has 1 N–H and O–H groups in total. The summed E-state index contributed by atoms with van der Waals surface area (Å²) < 4.78 is 36.4. The first-order valence-corrected chi connectivity index (χ1v) is 9.73. The van der Waals surface area contributed by atoms with Gasteiger partial charge in [-0.05, 0) is 25.0 Å². The van der Waals surface area contributed by atoms with Gasteiger partial charge in [0.2, 0.25) is 10.0 Å². The van der Waals surface area contributed by atoms with Crippen molar-refractivity contribution in [3.63, 3.8) is 0 Å². The molecule has 1 saturated carbocycles. The van der Waals surface area contributed by atoms with Crippen molar-refractivity contribution >= 4 is 21.7 Å². The molecule has 1 aromatic carbocycles. The minimum Gasteiger partial charge on any atom is -0.493 e. The van der Waals surface area contributed by atoms with E-state index in [1.54, 1.807) is 30.2 Å². The van der Waals surface area contributed by atoms with Crippen LogP contribution in [-0.4, -0.2) is 69.3 Å². The zero-order chi connectivity index (χ0) is 18.0. The van der Waals surface area contributed by atoms with E-state index in [1.165, 1.54) is 11.4 Å². The lowest BCUT2D eigenvalue weighted by atomic mass is 10.2. The van der Waals surface area contributed by atoms with Crippen LogP contribution in [0.3, 0.4) is 0 Å². The molecule has 2 amide bonds. The molecule has 0 unspecified atom stereocenters. The van der Waals surface area contributed by atoms with Gasteiger partial charge in [0.25, 0.3) is 0 Å². The molecule has 1 saturated heterocycles. The Morgan fingerprint density at radius 3 is 2.28 bits per heavy atom. The number of piperazine rings is 1. The van der Waals surface area contributed by atoms with E-state index < -0.39 is 10.0 Å². The monoisotopic (exact) mass is 369 g/mol. The van der Waals surface area contributed by atoms with Crippen molar-refractivity contribution in [1.29, 1.82) is 0 Å². The minimum atomic E-state index is -3.17. The number of nitrogens with zero attached hydrogens (tertiary/aromatic N) is 2. The summed E-state index contributed by atoms with van der Waals surface area (Å²) in [5, 5.41) is 2.60. The standard InChI is InChI=1S/C16H23N3O5S/c1-23-14-6-3-12(11-15(14)24-2)17-16(20)18-7-9-19(10-8-18)25(21,22)13-4-5-13/h3,6,11,13H,4-5,7-10H2,1-2H3,(H,17,20). The minimum absolute atomic E-state index is 0.209. The average Bonchev–Trinajstić information content (AvgIpc) is 3.47. The lowest BCUT2D eigenvalue weighted by molar-refractivity contribution is 0.184. The second kappa shape index (κ2) is 7.09. The molecule has 25 heavy (non-hydrogen) atoms. The third-order valence-electron chi connectivity index (χ3n) is 4.47. The number of ether oxygens (including phenoxy) is 2. The van der Waals surface area contributed by atoms with Gasteiger partial charge in [0.05, 0.1) is 19.5 Å². The lowest BCUT2D eigenvalue weighted by Gasteiger charge is -2.34. The molecule has 2 fully saturated rings. The van der Waals surface area contributed by atoms with Crippen LogP contribution in [0, 0.1) is 0 Å². The van der Waals surface area contributed by atoms with Crippen molar-refractivity contribution in [3.8, 4) is 11.5 Å². The Hall–Kier alpha value is -2.00. The second-order valence-corrected chi connectivity index (χ2v) is 8.34. The fraction of sp³-hybridized carbons (Fsp3) is 0.562. The third-order valence-corrected chi connectivity index (χ3v) is 6.86. The number of sulfonamides is 1. The summed E-state index contributed by atoms with van der Waals surface area (Å²) in [6, 6.07) is 4.88. The first-order valence-electron chi connectivity index (χ1n) is 8.22. The second-order valence-electron chi connectivity index (χ2n) is 6.13. The van der Waals surface area contributed by atoms with Gasteiger partial charge in [-0.1, -0.05) is 0 Å². The summed E-state index contributed by atoms with van der Waals surface area (Å²) in [5.74, 6) is 1.11. The molecule has 1 aromatic rings. The van der Waals surface area contributed by atoms with Gasteiger partial charge in [-0.15, -0.1) is 0 Å². The molecule has 1 heterocycles. The van der Waals surface area contributed by atoms with Crippen molar-refractivity contribution in [2.45, 2.75) is 18.1 Å². The number of nitrogens with one attached hydrogen (secondary N) is 1. The molecular formula is C16H23N3O5S. The first kappa shape index (κ1) is 17.8. The number of methoxy groups -OCH3 is 2. The fourth-order valence-corrected chi connectivity index (χ4v) is 4.66. The van der Waals surface area contributed by atoms with E-state index in [-0.39, 0.29) is 11.3 Å². The van der Waals surface area contributed by atoms with Gasteiger partial charge in [-0.2, -0.15) is 4.31 Å². The first-order chi connectivity index (χ1) is 12.0. The Bertz CT molecular complexity index is 740. The van der Waals surface area contributed by atoms with Gasteiger partial charge in [0.15, 0.2) is 11.5 Å². The smallest absolute Gasteiger partial charge is 0.321 e. The maximum absolute atomic E-state index is 12.4. The van der Waals surface area contributed by atoms with E-state index in [1.807, 2.05) is 0 Å². The van der Waals surface area contributed by atoms with Crippen molar-refractivity contribution in [2.24, 2.45) is 0 Å². The zero-order valence-electron chi connectivity index (χ0n) is 14.4. The predicted molar refractivity (Wildman–Crippen MR) is 93.7 cm³/mol. The van der Waals surface area contributed by atoms with Crippen molar-refractivity contribution in [3.05, 3.63) is 18.2 Å². The summed E-state index contributed by atoms with van der Waals surface area (Å²) in [7, 11) is -0.0914. The summed E-state index contributed by atoms with van der Waals surface area (Å²) in [6.07, 6.45) is 1.50. The van der Waals surface area contributed by atoms with Crippen LogP contribution in [-0.2, 0) is 10.0 Å². The van der Waals surface area contributed by atoms with Gasteiger partial charge >= 0.3 is 6.03 Å². The Kier molecular flexibility index (Phi) is 5.05. The zero-order valence-corrected chi connectivity index (χ0v) is 15.2. The van der Waals surface area contributed by atoms with Crippen LogP contribution < -0.4 is 14.8 Å². The van der Waals surface area contributed by atoms with Crippen LogP contribution in [0.2, 0.25) is 0 Å². The topological polar surface area (TPSA) is 88.2 Å². The number of benzene rings is 1. The Morgan fingerprint density at radius 1 is 1.08 bits per heavy atom. The van der Waals surface area contributed by atoms with Crippen molar-refractivity contribution in [1.82, 2.24) is 9.21 Å². The summed E-state index contributed by atoms with van der Waals surface area (Å²) >= 11 is 0. The number of rotatable bonds is 5. The number of amides is 2. The molecule has 1 aliphatic carbocycles. The largest absolute Gasteiger partial charge is 0.493 e. The lowest BCUT2D eigenvalue weighted by Crippen LogP contribution is -2.52. The van der Waals surface area contributed by atoms with E-state index in [0.717, 1.165) is 12.8 Å². The summed E-state index contributed by atoms with van der Waals surface area (Å²) in [4.78, 5) is 14.0. The molecule has 0 radical (unpaired) electrons. The molecule has 0 atom stereocenters. The number of carbonyl (C=O) groups is 1. The maximum atomic E-state index is 12.4. The number of hydrogen-bond donors (Lipinski definition) is 1. The quantitative estimate of drug-likeness (QED) is 0.846. The maximum Gasteiger partial charge on any atom is 0.321 e. The van der Waals surface area contributed by atoms with Crippen LogP contribution in [0.15, 0.2) is 18.2 Å². The highest BCUT2D eigenvalue weighted by Gasteiger charge is 2.41. The van der Waals surface area contributed by atoms with Gasteiger partial charge in [0.1, 0.15) is 0 Å². The Morgan fingerprint density at radius 2 is 1.72 bits per heavy atom. The van der Waals surface area contributed by atoms with Crippen molar-refractivity contribution < 1.29 is 22.7 Å². The molecule has 9 heteroatoms. The normalized spacial score (nSPS) is 18.7. The van der Waals surface area contributed by atoms with Gasteiger partial charge in [-0.25, -0.2) is 13.2 Å². The average molecular weight is 369 g/mol. The van der Waals surface area contributed by atoms with E-state index in [2.05, 4.69) is 5.32 Å². The van der Waals surface area contributed by atoms with Gasteiger partial charge in [-0.3, -0.25) is 0 Å². The fourth-order valence-electron chi connectivity index (χ4n) is 2.84. The van der Waals surface area contributed by atoms with Gasteiger partial charge in [0, 0.05) is 37.9 Å². The molecule has 138 valence electrons. The molecule has 2 aliphatic rings. The predicted octanol–water partition coefficient (Wildman–Crippen LogP) is 1.35. The van der Waals surface area contributed by atoms with Gasteiger partial charge < -0.3 is 19.7 Å². The van der Waals surface area contributed by atoms with Crippen LogP contribution >= 0.6 is 0 Å². The SMILES string of the molecule is COc1ccc(NC(=O)N2CCN(S(=O)(=O)C3CC3)CC2)cc1OC. The molecule has 8 nitrogen and oxygen atoms in total. The summed E-state index contributed by atoms with van der Waals surface area (Å²) in [6.45, 7) is 1.45. The Balaban J connectivity index is 1.58. The number of anilines is 1. The van der Waals surface area contributed by atoms with E-state index in [0.29, 0.717) is 43.4 Å². The van der Waals surface area contributed by atoms with Crippen LogP contribution in [0.25, 0.3) is 0 Å². The molecule has 0 aromatic heterocycles. The highest BCUT2D eigenvalue weighted by molar-refractivity contribution is 7.90. The van der Waals surface area contributed by atoms with Crippen LogP contribution in [0.5, 0.6) is 11.5 Å². The molecule has 0 spiro atoms. The van der Waals surface area contributed by atoms with Crippen LogP contribution in [0.4, 0.5) is 10.5 Å². The van der Waals surface area contributed by atoms with Crippen LogP contribution in [0.1, 0.15) is 12.8 Å². The van der Waals surface area contributed by atoms with Crippen molar-refractivity contribution in [2.75, 3.05) is 45.7 Å². The Labute approximate surface area is 147 Å². The number of urea groups is 1. The molecule has 1 aliphatic heterocycles. The highest BCUT2D eigenvalue weighted by atomic mass is 32.2. The van der Waals surface area contributed by atoms with E-state index >= 15 is 0 Å². The van der Waals surface area contributed by atoms with E-state index in [9.17, 15) is 13.2 Å². The number of carbonyl (C=O) groups excluding carboxylic acids is 1. The van der Waals surface area contributed by atoms with E-state index in [4.69, 9.17) is 9.47 Å². The molecule has 3 rings (SSSR count). The summed E-state index contributed by atoms with van der Waals surface area (Å²) in [5.41, 5.74) is 0.593. The highest BCUT2D eigenvalue weighted by Crippen LogP contribution is 2.32. The molecule has 0 bridgehead atoms. The third kappa shape index (κ3) is 3.82. The number of hydrogen-bond acceptors (Lipinski definition) is 5. The molecular weight excluding hydrogens is 346 g/mol.